The topological polar surface area (TPSA) is 30.3 Å². The van der Waals surface area contributed by atoms with Crippen molar-refractivity contribution in [3.05, 3.63) is 22.0 Å². The lowest BCUT2D eigenvalue weighted by Gasteiger charge is -2.26. The summed E-state index contributed by atoms with van der Waals surface area (Å²) in [7, 11) is 0. The van der Waals surface area contributed by atoms with Gasteiger partial charge in [-0.1, -0.05) is 12.8 Å². The second kappa shape index (κ2) is 5.06. The Kier molecular flexibility index (Phi) is 3.35. The number of aromatic nitrogens is 2. The molecule has 6 heteroatoms. The normalized spacial score (nSPS) is 26.2. The minimum absolute atomic E-state index is 0.395. The van der Waals surface area contributed by atoms with Gasteiger partial charge in [0.15, 0.2) is 5.65 Å². The van der Waals surface area contributed by atoms with Gasteiger partial charge in [-0.3, -0.25) is 3.97 Å². The highest BCUT2D eigenvalue weighted by Crippen LogP contribution is 2.31. The summed E-state index contributed by atoms with van der Waals surface area (Å²) in [6, 6.07) is 2.23. The fourth-order valence-corrected chi connectivity index (χ4v) is 4.40. The second-order valence-corrected chi connectivity index (χ2v) is 7.27. The molecule has 2 fully saturated rings. The van der Waals surface area contributed by atoms with Gasteiger partial charge in [0.05, 0.1) is 24.6 Å². The Morgan fingerprint density at radius 1 is 1.45 bits per heavy atom. The molecule has 4 rings (SSSR count). The quantitative estimate of drug-likeness (QED) is 0.589. The summed E-state index contributed by atoms with van der Waals surface area (Å²) in [5.74, 6) is 0.750. The third-order valence-corrected chi connectivity index (χ3v) is 5.49. The van der Waals surface area contributed by atoms with Crippen LogP contribution >= 0.6 is 35.4 Å². The molecule has 2 aromatic heterocycles. The molecule has 0 aromatic carbocycles. The summed E-state index contributed by atoms with van der Waals surface area (Å²) in [5, 5.41) is 1.17. The fourth-order valence-electron chi connectivity index (χ4n) is 3.23. The van der Waals surface area contributed by atoms with Gasteiger partial charge >= 0.3 is 0 Å². The molecule has 2 aromatic rings. The number of pyridine rings is 1. The number of hydrogen-bond acceptors (Lipinski definition) is 4. The molecule has 4 heterocycles. The molecule has 2 aliphatic rings. The van der Waals surface area contributed by atoms with E-state index in [2.05, 4.69) is 51.4 Å². The van der Waals surface area contributed by atoms with Crippen molar-refractivity contribution < 1.29 is 4.74 Å². The molecule has 0 radical (unpaired) electrons. The van der Waals surface area contributed by atoms with Gasteiger partial charge in [-0.05, 0) is 47.4 Å². The average Bonchev–Trinajstić information content (AvgIpc) is 2.90. The summed E-state index contributed by atoms with van der Waals surface area (Å²) in [5.41, 5.74) is 2.13. The zero-order chi connectivity index (χ0) is 13.7. The van der Waals surface area contributed by atoms with E-state index in [1.54, 1.807) is 3.97 Å². The van der Waals surface area contributed by atoms with Crippen LogP contribution in [0.15, 0.2) is 18.5 Å². The van der Waals surface area contributed by atoms with Crippen LogP contribution in [0.5, 0.6) is 0 Å². The molecule has 2 saturated heterocycles. The van der Waals surface area contributed by atoms with E-state index >= 15 is 0 Å². The smallest absolute Gasteiger partial charge is 0.150 e. The molecule has 20 heavy (non-hydrogen) atoms. The van der Waals surface area contributed by atoms with Crippen LogP contribution in [-0.2, 0) is 4.74 Å². The van der Waals surface area contributed by atoms with E-state index in [4.69, 9.17) is 4.74 Å². The van der Waals surface area contributed by atoms with Gasteiger partial charge in [-0.2, -0.15) is 0 Å². The third-order valence-electron chi connectivity index (χ3n) is 4.32. The zero-order valence-corrected chi connectivity index (χ0v) is 14.0. The Hall–Kier alpha value is -0.470. The van der Waals surface area contributed by atoms with Gasteiger partial charge in [-0.15, -0.1) is 0 Å². The maximum atomic E-state index is 5.84. The summed E-state index contributed by atoms with van der Waals surface area (Å²) < 4.78 is 8.82. The number of halogens is 1. The summed E-state index contributed by atoms with van der Waals surface area (Å²) in [4.78, 5) is 6.99. The van der Waals surface area contributed by atoms with Crippen molar-refractivity contribution in [3.8, 4) is 0 Å². The van der Waals surface area contributed by atoms with E-state index in [0.29, 0.717) is 6.10 Å². The monoisotopic (exact) mass is 401 g/mol. The molecule has 2 unspecified atom stereocenters. The molecule has 4 nitrogen and oxygen atoms in total. The van der Waals surface area contributed by atoms with Crippen molar-refractivity contribution in [2.75, 3.05) is 24.6 Å². The Bertz CT molecular complexity index is 659. The minimum atomic E-state index is 0.395. The summed E-state index contributed by atoms with van der Waals surface area (Å²) in [6.07, 6.45) is 6.80. The van der Waals surface area contributed by atoms with Crippen molar-refractivity contribution in [2.45, 2.75) is 18.9 Å². The number of hydrogen-bond donors (Lipinski definition) is 1. The zero-order valence-electron chi connectivity index (χ0n) is 11.0. The highest BCUT2D eigenvalue weighted by molar-refractivity contribution is 14.1. The number of ether oxygens (including phenoxy) is 1. The lowest BCUT2D eigenvalue weighted by molar-refractivity contribution is 0.106. The van der Waals surface area contributed by atoms with Crippen molar-refractivity contribution in [3.63, 3.8) is 0 Å². The van der Waals surface area contributed by atoms with Crippen LogP contribution in [0.3, 0.4) is 0 Å². The Morgan fingerprint density at radius 2 is 2.35 bits per heavy atom. The first-order chi connectivity index (χ1) is 9.70. The molecular weight excluding hydrogens is 385 g/mol. The molecule has 0 N–H and O–H groups in total. The number of nitrogens with zero attached hydrogens (tertiary/aromatic N) is 3. The van der Waals surface area contributed by atoms with Crippen LogP contribution in [0, 0.1) is 9.49 Å². The van der Waals surface area contributed by atoms with Gasteiger partial charge < -0.3 is 9.64 Å². The van der Waals surface area contributed by atoms with Gasteiger partial charge in [0.25, 0.3) is 0 Å². The van der Waals surface area contributed by atoms with Crippen LogP contribution in [0.25, 0.3) is 11.0 Å². The predicted octanol–water partition coefficient (Wildman–Crippen LogP) is 2.95. The fraction of sp³-hybridized carbons (Fsp3) is 0.500. The lowest BCUT2D eigenvalue weighted by atomic mass is 10.0. The first kappa shape index (κ1) is 13.2. The molecular formula is C14H16IN3OS. The van der Waals surface area contributed by atoms with E-state index in [0.717, 1.165) is 31.3 Å². The third kappa shape index (κ3) is 2.21. The highest BCUT2D eigenvalue weighted by atomic mass is 127. The Balaban J connectivity index is 1.69. The van der Waals surface area contributed by atoms with E-state index < -0.39 is 0 Å². The summed E-state index contributed by atoms with van der Waals surface area (Å²) >= 11 is 6.74. The van der Waals surface area contributed by atoms with Gasteiger partial charge in [0.1, 0.15) is 0 Å². The molecule has 0 aliphatic carbocycles. The molecule has 106 valence electrons. The van der Waals surface area contributed by atoms with Gasteiger partial charge in [0.2, 0.25) is 0 Å². The van der Waals surface area contributed by atoms with Crippen LogP contribution < -0.4 is 4.90 Å². The number of thiol groups is 1. The molecule has 0 amide bonds. The van der Waals surface area contributed by atoms with E-state index in [-0.39, 0.29) is 0 Å². The highest BCUT2D eigenvalue weighted by Gasteiger charge is 2.31. The number of fused-ring (bicyclic) bond motifs is 3. The summed E-state index contributed by atoms with van der Waals surface area (Å²) in [6.45, 7) is 3.05. The van der Waals surface area contributed by atoms with Crippen LogP contribution in [0.2, 0.25) is 0 Å². The number of rotatable bonds is 1. The molecule has 2 aliphatic heterocycles. The Labute approximate surface area is 137 Å². The van der Waals surface area contributed by atoms with Crippen molar-refractivity contribution in [2.24, 2.45) is 5.92 Å². The second-order valence-electron chi connectivity index (χ2n) is 5.68. The Morgan fingerprint density at radius 3 is 3.25 bits per heavy atom. The predicted molar refractivity (Wildman–Crippen MR) is 91.5 cm³/mol. The van der Waals surface area contributed by atoms with Crippen molar-refractivity contribution in [1.82, 2.24) is 8.96 Å². The van der Waals surface area contributed by atoms with E-state index in [1.807, 2.05) is 12.4 Å². The van der Waals surface area contributed by atoms with Crippen molar-refractivity contribution in [1.29, 1.82) is 0 Å². The van der Waals surface area contributed by atoms with Gasteiger partial charge in [-0.25, -0.2) is 4.98 Å². The maximum Gasteiger partial charge on any atom is 0.150 e. The van der Waals surface area contributed by atoms with E-state index in [1.165, 1.54) is 27.5 Å². The van der Waals surface area contributed by atoms with Crippen LogP contribution in [-0.4, -0.2) is 34.8 Å². The lowest BCUT2D eigenvalue weighted by Crippen LogP contribution is -2.32. The van der Waals surface area contributed by atoms with Gasteiger partial charge in [0, 0.05) is 28.2 Å². The SMILES string of the molecule is Sn1cc(I)c2cc(N3CCC4COC(C4)C3)cnc21. The van der Waals surface area contributed by atoms with E-state index in [9.17, 15) is 0 Å². The maximum absolute atomic E-state index is 5.84. The van der Waals surface area contributed by atoms with Crippen LogP contribution in [0.1, 0.15) is 12.8 Å². The molecule has 0 saturated carbocycles. The minimum Gasteiger partial charge on any atom is -0.376 e. The average molecular weight is 401 g/mol. The first-order valence-electron chi connectivity index (χ1n) is 6.93. The largest absolute Gasteiger partial charge is 0.376 e. The molecule has 2 bridgehead atoms. The standard InChI is InChI=1S/C14H16IN3OS/c15-13-7-18(20)14-12(13)4-10(5-16-14)17-2-1-9-3-11(6-17)19-8-9/h4-5,7,9,11,20H,1-3,6,8H2. The first-order valence-corrected chi connectivity index (χ1v) is 8.41. The van der Waals surface area contributed by atoms with Crippen molar-refractivity contribution >= 4 is 52.1 Å². The van der Waals surface area contributed by atoms with Crippen LogP contribution in [0.4, 0.5) is 5.69 Å². The molecule has 2 atom stereocenters. The molecule has 0 spiro atoms. The number of anilines is 1.